The Hall–Kier alpha value is -4.33. The number of fused-ring (bicyclic) bond motifs is 1. The molecule has 0 radical (unpaired) electrons. The first kappa shape index (κ1) is 20.9. The van der Waals surface area contributed by atoms with Gasteiger partial charge >= 0.3 is 0 Å². The van der Waals surface area contributed by atoms with Crippen molar-refractivity contribution in [1.29, 1.82) is 0 Å². The molecule has 1 amide bonds. The summed E-state index contributed by atoms with van der Waals surface area (Å²) in [5.41, 5.74) is 1.67. The molecule has 4 aromatic rings. The van der Waals surface area contributed by atoms with Gasteiger partial charge in [0.05, 0.1) is 37.9 Å². The highest BCUT2D eigenvalue weighted by atomic mass is 16.5. The summed E-state index contributed by atoms with van der Waals surface area (Å²) in [6.07, 6.45) is 1.43. The van der Waals surface area contributed by atoms with E-state index in [0.29, 0.717) is 45.1 Å². The van der Waals surface area contributed by atoms with Gasteiger partial charge in [-0.15, -0.1) is 0 Å². The number of amides is 1. The zero-order valence-electron chi connectivity index (χ0n) is 17.8. The number of hydrogen-bond acceptors (Lipinski definition) is 6. The molecule has 1 heterocycles. The van der Waals surface area contributed by atoms with Gasteiger partial charge in [-0.2, -0.15) is 0 Å². The molecule has 0 aliphatic heterocycles. The Morgan fingerprint density at radius 2 is 1.62 bits per heavy atom. The minimum atomic E-state index is -0.338. The van der Waals surface area contributed by atoms with Gasteiger partial charge in [0.1, 0.15) is 12.1 Å². The molecule has 32 heavy (non-hydrogen) atoms. The van der Waals surface area contributed by atoms with Crippen molar-refractivity contribution < 1.29 is 19.0 Å². The number of anilines is 1. The van der Waals surface area contributed by atoms with E-state index in [2.05, 4.69) is 10.3 Å². The van der Waals surface area contributed by atoms with Crippen LogP contribution in [0.25, 0.3) is 16.6 Å². The van der Waals surface area contributed by atoms with Crippen molar-refractivity contribution in [2.45, 2.75) is 0 Å². The average molecular weight is 431 g/mol. The number of rotatable bonds is 6. The van der Waals surface area contributed by atoms with Crippen LogP contribution in [-0.2, 0) is 0 Å². The van der Waals surface area contributed by atoms with Crippen LogP contribution in [-0.4, -0.2) is 36.8 Å². The molecule has 162 valence electrons. The lowest BCUT2D eigenvalue weighted by Gasteiger charge is -2.12. The lowest BCUT2D eigenvalue weighted by molar-refractivity contribution is 0.102. The third kappa shape index (κ3) is 3.85. The molecule has 3 aromatic carbocycles. The van der Waals surface area contributed by atoms with E-state index in [4.69, 9.17) is 14.2 Å². The van der Waals surface area contributed by atoms with Crippen LogP contribution in [0.5, 0.6) is 17.2 Å². The van der Waals surface area contributed by atoms with E-state index in [1.54, 1.807) is 62.8 Å². The summed E-state index contributed by atoms with van der Waals surface area (Å²) in [7, 11) is 4.61. The van der Waals surface area contributed by atoms with Crippen molar-refractivity contribution in [1.82, 2.24) is 9.55 Å². The molecule has 4 rings (SSSR count). The number of nitrogens with zero attached hydrogens (tertiary/aromatic N) is 2. The standard InChI is InChI=1S/C24H21N3O5/c1-30-20-7-5-4-6-19(20)27-14-25-18-12-15(8-10-17(18)24(27)29)23(28)26-16-9-11-21(31-2)22(13-16)32-3/h4-14H,1-3H3,(H,26,28). The predicted octanol–water partition coefficient (Wildman–Crippen LogP) is 3.66. The number of carbonyl (C=O) groups is 1. The van der Waals surface area contributed by atoms with Crippen LogP contribution in [0.2, 0.25) is 0 Å². The zero-order valence-corrected chi connectivity index (χ0v) is 17.8. The summed E-state index contributed by atoms with van der Waals surface area (Å²) in [5, 5.41) is 3.20. The van der Waals surface area contributed by atoms with Crippen molar-refractivity contribution >= 4 is 22.5 Å². The first-order valence-electron chi connectivity index (χ1n) is 9.74. The highest BCUT2D eigenvalue weighted by Crippen LogP contribution is 2.30. The van der Waals surface area contributed by atoms with Gasteiger partial charge in [-0.3, -0.25) is 14.2 Å². The first-order valence-corrected chi connectivity index (χ1v) is 9.74. The fraction of sp³-hybridized carbons (Fsp3) is 0.125. The maximum absolute atomic E-state index is 13.0. The zero-order chi connectivity index (χ0) is 22.7. The number of benzene rings is 3. The number of methoxy groups -OCH3 is 3. The Bertz CT molecular complexity index is 1360. The molecule has 0 bridgehead atoms. The molecule has 0 unspecified atom stereocenters. The van der Waals surface area contributed by atoms with Gasteiger partial charge in [-0.1, -0.05) is 12.1 Å². The fourth-order valence-corrected chi connectivity index (χ4v) is 3.38. The summed E-state index contributed by atoms with van der Waals surface area (Å²) in [4.78, 5) is 30.2. The molecular formula is C24H21N3O5. The van der Waals surface area contributed by atoms with E-state index in [1.807, 2.05) is 12.1 Å². The van der Waals surface area contributed by atoms with Gasteiger partial charge < -0.3 is 19.5 Å². The highest BCUT2D eigenvalue weighted by Gasteiger charge is 2.13. The van der Waals surface area contributed by atoms with E-state index in [1.165, 1.54) is 18.0 Å². The third-order valence-electron chi connectivity index (χ3n) is 5.01. The number of ether oxygens (including phenoxy) is 3. The maximum atomic E-state index is 13.0. The number of hydrogen-bond donors (Lipinski definition) is 1. The normalized spacial score (nSPS) is 10.6. The topological polar surface area (TPSA) is 91.7 Å². The monoisotopic (exact) mass is 431 g/mol. The van der Waals surface area contributed by atoms with Crippen LogP contribution in [0.1, 0.15) is 10.4 Å². The van der Waals surface area contributed by atoms with Crippen LogP contribution < -0.4 is 25.1 Å². The predicted molar refractivity (Wildman–Crippen MR) is 121 cm³/mol. The maximum Gasteiger partial charge on any atom is 0.265 e. The molecule has 0 aliphatic rings. The van der Waals surface area contributed by atoms with E-state index in [0.717, 1.165) is 0 Å². The van der Waals surface area contributed by atoms with E-state index in [9.17, 15) is 9.59 Å². The number of carbonyl (C=O) groups excluding carboxylic acids is 1. The van der Waals surface area contributed by atoms with E-state index >= 15 is 0 Å². The van der Waals surface area contributed by atoms with E-state index < -0.39 is 0 Å². The summed E-state index contributed by atoms with van der Waals surface area (Å²) >= 11 is 0. The van der Waals surface area contributed by atoms with Crippen LogP contribution in [0, 0.1) is 0 Å². The smallest absolute Gasteiger partial charge is 0.265 e. The largest absolute Gasteiger partial charge is 0.495 e. The van der Waals surface area contributed by atoms with Crippen LogP contribution in [0.3, 0.4) is 0 Å². The molecule has 0 spiro atoms. The second-order valence-corrected chi connectivity index (χ2v) is 6.85. The van der Waals surface area contributed by atoms with Gasteiger partial charge in [0.15, 0.2) is 11.5 Å². The number of nitrogens with one attached hydrogen (secondary N) is 1. The molecule has 1 N–H and O–H groups in total. The van der Waals surface area contributed by atoms with E-state index in [-0.39, 0.29) is 11.5 Å². The Kier molecular flexibility index (Phi) is 5.76. The molecule has 8 nitrogen and oxygen atoms in total. The van der Waals surface area contributed by atoms with Gasteiger partial charge in [-0.25, -0.2) is 4.98 Å². The Morgan fingerprint density at radius 3 is 2.38 bits per heavy atom. The van der Waals surface area contributed by atoms with Crippen molar-refractivity contribution in [3.63, 3.8) is 0 Å². The first-order chi connectivity index (χ1) is 15.5. The van der Waals surface area contributed by atoms with Gasteiger partial charge in [0.2, 0.25) is 0 Å². The van der Waals surface area contributed by atoms with Gasteiger partial charge in [0, 0.05) is 17.3 Å². The molecular weight excluding hydrogens is 410 g/mol. The van der Waals surface area contributed by atoms with Crippen LogP contribution in [0.15, 0.2) is 71.8 Å². The molecule has 0 fully saturated rings. The van der Waals surface area contributed by atoms with Gasteiger partial charge in [0.25, 0.3) is 11.5 Å². The van der Waals surface area contributed by atoms with Crippen LogP contribution in [0.4, 0.5) is 5.69 Å². The molecule has 8 heteroatoms. The minimum absolute atomic E-state index is 0.258. The third-order valence-corrected chi connectivity index (χ3v) is 5.01. The lowest BCUT2D eigenvalue weighted by Crippen LogP contribution is -2.20. The summed E-state index contributed by atoms with van der Waals surface area (Å²) < 4.78 is 17.2. The van der Waals surface area contributed by atoms with Crippen LogP contribution >= 0.6 is 0 Å². The van der Waals surface area contributed by atoms with Crippen molar-refractivity contribution in [2.24, 2.45) is 0 Å². The molecule has 0 saturated carbocycles. The fourth-order valence-electron chi connectivity index (χ4n) is 3.38. The molecule has 0 aliphatic carbocycles. The summed E-state index contributed by atoms with van der Waals surface area (Å²) in [6, 6.07) is 17.0. The molecule has 0 saturated heterocycles. The molecule has 0 atom stereocenters. The number of para-hydroxylation sites is 2. The Morgan fingerprint density at radius 1 is 0.875 bits per heavy atom. The Labute approximate surface area is 184 Å². The van der Waals surface area contributed by atoms with Crippen molar-refractivity contribution in [3.8, 4) is 22.9 Å². The minimum Gasteiger partial charge on any atom is -0.495 e. The highest BCUT2D eigenvalue weighted by molar-refractivity contribution is 6.06. The Balaban J connectivity index is 1.66. The quantitative estimate of drug-likeness (QED) is 0.501. The van der Waals surface area contributed by atoms with Crippen molar-refractivity contribution in [2.75, 3.05) is 26.6 Å². The second kappa shape index (κ2) is 8.81. The number of aromatic nitrogens is 2. The lowest BCUT2D eigenvalue weighted by atomic mass is 10.1. The molecule has 1 aromatic heterocycles. The summed E-state index contributed by atoms with van der Waals surface area (Å²) in [6.45, 7) is 0. The van der Waals surface area contributed by atoms with Gasteiger partial charge in [-0.05, 0) is 42.5 Å². The SMILES string of the molecule is COc1ccc(NC(=O)c2ccc3c(=O)n(-c4ccccc4OC)cnc3c2)cc1OC. The summed E-state index contributed by atoms with van der Waals surface area (Å²) in [5.74, 6) is 1.28. The van der Waals surface area contributed by atoms with Crippen molar-refractivity contribution in [3.05, 3.63) is 82.9 Å². The average Bonchev–Trinajstić information content (AvgIpc) is 2.84. The second-order valence-electron chi connectivity index (χ2n) is 6.85.